The van der Waals surface area contributed by atoms with Gasteiger partial charge in [-0.2, -0.15) is 0 Å². The first-order valence-electron chi connectivity index (χ1n) is 18.8. The molecule has 0 amide bonds. The maximum absolute atomic E-state index is 5.13. The van der Waals surface area contributed by atoms with Gasteiger partial charge < -0.3 is 8.97 Å². The highest BCUT2D eigenvalue weighted by molar-refractivity contribution is 6.24. The van der Waals surface area contributed by atoms with E-state index < -0.39 is 0 Å². The van der Waals surface area contributed by atoms with Gasteiger partial charge in [0, 0.05) is 55.2 Å². The molecule has 0 N–H and O–H groups in total. The number of hydrogen-bond donors (Lipinski definition) is 0. The molecule has 0 saturated heterocycles. The van der Waals surface area contributed by atoms with Gasteiger partial charge >= 0.3 is 0 Å². The highest BCUT2D eigenvalue weighted by atomic mass is 15.0. The Balaban J connectivity index is 1.09. The molecule has 6 heteroatoms. The summed E-state index contributed by atoms with van der Waals surface area (Å²) < 4.78 is 4.73. The molecule has 12 rings (SSSR count). The largest absolute Gasteiger partial charge is 0.308 e. The van der Waals surface area contributed by atoms with Gasteiger partial charge in [-0.25, -0.2) is 15.0 Å². The number of hydrogen-bond acceptors (Lipinski definition) is 4. The zero-order valence-electron chi connectivity index (χ0n) is 30.0. The molecular weight excluding hydrogens is 685 g/mol. The molecule has 0 spiro atoms. The van der Waals surface area contributed by atoms with Gasteiger partial charge in [-0.3, -0.25) is 4.98 Å². The van der Waals surface area contributed by atoms with Crippen molar-refractivity contribution in [2.45, 2.75) is 0 Å². The van der Waals surface area contributed by atoms with Crippen LogP contribution in [0.15, 0.2) is 182 Å². The molecule has 5 heterocycles. The van der Waals surface area contributed by atoms with Crippen LogP contribution in [0, 0.1) is 0 Å². The van der Waals surface area contributed by atoms with Gasteiger partial charge in [0.15, 0.2) is 17.5 Å². The number of fused-ring (bicyclic) bond motifs is 9. The fourth-order valence-electron chi connectivity index (χ4n) is 8.66. The number of para-hydroxylation sites is 2. The second-order valence-corrected chi connectivity index (χ2v) is 14.3. The third kappa shape index (κ3) is 4.56. The van der Waals surface area contributed by atoms with Crippen LogP contribution in [0.5, 0.6) is 0 Å². The Labute approximate surface area is 321 Å². The summed E-state index contributed by atoms with van der Waals surface area (Å²) in [5.74, 6) is 1.94. The molecule has 0 atom stereocenters. The van der Waals surface area contributed by atoms with Crippen LogP contribution in [-0.2, 0) is 0 Å². The van der Waals surface area contributed by atoms with Crippen molar-refractivity contribution in [1.82, 2.24) is 28.9 Å². The van der Waals surface area contributed by atoms with Crippen molar-refractivity contribution in [3.63, 3.8) is 0 Å². The maximum atomic E-state index is 5.13. The van der Waals surface area contributed by atoms with E-state index in [4.69, 9.17) is 15.0 Å². The van der Waals surface area contributed by atoms with Crippen molar-refractivity contribution >= 4 is 59.9 Å². The lowest BCUT2D eigenvalue weighted by molar-refractivity contribution is 1.07. The lowest BCUT2D eigenvalue weighted by Crippen LogP contribution is -2.00. The SMILES string of the molecule is c1ccc(-c2nc(-c3ccccc3)nc(-c3cc4c5ccccc5n5c6ccc(-c7ccc8c(c7)c7ccccc7n8-c7cccnc7)cc6c(c3)c45)n2)cc1. The van der Waals surface area contributed by atoms with Crippen LogP contribution in [0.4, 0.5) is 0 Å². The van der Waals surface area contributed by atoms with E-state index >= 15 is 0 Å². The summed E-state index contributed by atoms with van der Waals surface area (Å²) in [5.41, 5.74) is 12.1. The first-order chi connectivity index (χ1) is 27.8. The van der Waals surface area contributed by atoms with Crippen molar-refractivity contribution in [2.75, 3.05) is 0 Å². The molecular formula is C50H30N6. The van der Waals surface area contributed by atoms with Crippen LogP contribution in [0.3, 0.4) is 0 Å². The third-order valence-electron chi connectivity index (χ3n) is 11.2. The Morgan fingerprint density at radius 3 is 1.46 bits per heavy atom. The van der Waals surface area contributed by atoms with Gasteiger partial charge in [0.05, 0.1) is 39.5 Å². The third-order valence-corrected chi connectivity index (χ3v) is 11.2. The van der Waals surface area contributed by atoms with Crippen molar-refractivity contribution in [3.8, 4) is 51.0 Å². The molecule has 12 aromatic rings. The van der Waals surface area contributed by atoms with Crippen LogP contribution in [0.2, 0.25) is 0 Å². The number of rotatable bonds is 5. The van der Waals surface area contributed by atoms with E-state index in [1.165, 1.54) is 54.4 Å². The van der Waals surface area contributed by atoms with Gasteiger partial charge in [0.25, 0.3) is 0 Å². The Morgan fingerprint density at radius 1 is 0.339 bits per heavy atom. The molecule has 0 aliphatic carbocycles. The minimum absolute atomic E-state index is 0.646. The topological polar surface area (TPSA) is 60.9 Å². The summed E-state index contributed by atoms with van der Waals surface area (Å²) in [6, 6.07) is 60.0. The number of nitrogens with zero attached hydrogens (tertiary/aromatic N) is 6. The van der Waals surface area contributed by atoms with E-state index in [1.807, 2.05) is 54.9 Å². The molecule has 0 saturated carbocycles. The van der Waals surface area contributed by atoms with E-state index in [0.29, 0.717) is 17.5 Å². The fourth-order valence-corrected chi connectivity index (χ4v) is 8.66. The second-order valence-electron chi connectivity index (χ2n) is 14.3. The Hall–Kier alpha value is -7.70. The molecule has 260 valence electrons. The van der Waals surface area contributed by atoms with Gasteiger partial charge in [-0.15, -0.1) is 0 Å². The van der Waals surface area contributed by atoms with Crippen LogP contribution in [0.25, 0.3) is 111 Å². The fraction of sp³-hybridized carbons (Fsp3) is 0. The number of benzene rings is 7. The standard InChI is InChI=1S/C50H30N6/c1-3-12-31(13-4-1)48-52-49(32-14-5-2-6-15-32)54-50(53-48)35-28-41-38-18-8-10-20-44(38)56-46-24-22-34(27-40(46)42(29-35)47(41)56)33-21-23-45-39(26-33)37-17-7-9-19-43(37)55(45)36-16-11-25-51-30-36/h1-30H. The summed E-state index contributed by atoms with van der Waals surface area (Å²) in [6.07, 6.45) is 3.75. The molecule has 0 radical (unpaired) electrons. The second kappa shape index (κ2) is 11.9. The average Bonchev–Trinajstić information content (AvgIpc) is 3.91. The monoisotopic (exact) mass is 714 g/mol. The molecule has 0 bridgehead atoms. The molecule has 0 fully saturated rings. The molecule has 0 aliphatic rings. The molecule has 5 aromatic heterocycles. The summed E-state index contributed by atoms with van der Waals surface area (Å²) in [5, 5.41) is 7.17. The van der Waals surface area contributed by atoms with Crippen molar-refractivity contribution < 1.29 is 0 Å². The Bertz CT molecular complexity index is 3400. The normalized spacial score (nSPS) is 11.9. The van der Waals surface area contributed by atoms with Gasteiger partial charge in [0.2, 0.25) is 0 Å². The zero-order valence-corrected chi connectivity index (χ0v) is 30.0. The minimum Gasteiger partial charge on any atom is -0.308 e. The summed E-state index contributed by atoms with van der Waals surface area (Å²) >= 11 is 0. The van der Waals surface area contributed by atoms with E-state index in [0.717, 1.165) is 39.0 Å². The minimum atomic E-state index is 0.646. The van der Waals surface area contributed by atoms with Gasteiger partial charge in [-0.05, 0) is 71.8 Å². The Kier molecular flexibility index (Phi) is 6.53. The van der Waals surface area contributed by atoms with Crippen LogP contribution < -0.4 is 0 Å². The quantitative estimate of drug-likeness (QED) is 0.178. The summed E-state index contributed by atoms with van der Waals surface area (Å²) in [7, 11) is 0. The molecule has 6 nitrogen and oxygen atoms in total. The molecule has 0 aliphatic heterocycles. The highest BCUT2D eigenvalue weighted by Crippen LogP contribution is 2.43. The van der Waals surface area contributed by atoms with Gasteiger partial charge in [-0.1, -0.05) is 109 Å². The number of pyridine rings is 1. The van der Waals surface area contributed by atoms with E-state index in [2.05, 4.69) is 141 Å². The molecule has 0 unspecified atom stereocenters. The van der Waals surface area contributed by atoms with E-state index in [1.54, 1.807) is 0 Å². The van der Waals surface area contributed by atoms with Crippen molar-refractivity contribution in [2.24, 2.45) is 0 Å². The van der Waals surface area contributed by atoms with Crippen molar-refractivity contribution in [1.29, 1.82) is 0 Å². The molecule has 56 heavy (non-hydrogen) atoms. The number of aromatic nitrogens is 6. The predicted octanol–water partition coefficient (Wildman–Crippen LogP) is 12.2. The van der Waals surface area contributed by atoms with E-state index in [9.17, 15) is 0 Å². The lowest BCUT2D eigenvalue weighted by atomic mass is 9.99. The van der Waals surface area contributed by atoms with Crippen LogP contribution in [-0.4, -0.2) is 28.9 Å². The smallest absolute Gasteiger partial charge is 0.164 e. The Morgan fingerprint density at radius 2 is 0.821 bits per heavy atom. The van der Waals surface area contributed by atoms with Crippen LogP contribution in [0.1, 0.15) is 0 Å². The first-order valence-corrected chi connectivity index (χ1v) is 18.8. The van der Waals surface area contributed by atoms with Crippen molar-refractivity contribution in [3.05, 3.63) is 182 Å². The zero-order chi connectivity index (χ0) is 36.7. The molecule has 7 aromatic carbocycles. The maximum Gasteiger partial charge on any atom is 0.164 e. The lowest BCUT2D eigenvalue weighted by Gasteiger charge is -2.09. The predicted molar refractivity (Wildman–Crippen MR) is 228 cm³/mol. The highest BCUT2D eigenvalue weighted by Gasteiger charge is 2.21. The van der Waals surface area contributed by atoms with Crippen LogP contribution >= 0.6 is 0 Å². The summed E-state index contributed by atoms with van der Waals surface area (Å²) in [6.45, 7) is 0. The summed E-state index contributed by atoms with van der Waals surface area (Å²) in [4.78, 5) is 19.6. The average molecular weight is 715 g/mol. The van der Waals surface area contributed by atoms with E-state index in [-0.39, 0.29) is 0 Å². The first kappa shape index (κ1) is 30.7. The van der Waals surface area contributed by atoms with Gasteiger partial charge in [0.1, 0.15) is 0 Å².